The van der Waals surface area contributed by atoms with Gasteiger partial charge >= 0.3 is 0 Å². The standard InChI is InChI=1S/C13H30N2O/c1-2-3-4-5-6-7-10-16-11-8-9-13(15)12-14/h13H,2-12,14-15H2,1H3. The summed E-state index contributed by atoms with van der Waals surface area (Å²) in [5.41, 5.74) is 11.1. The van der Waals surface area contributed by atoms with Crippen LogP contribution in [0.4, 0.5) is 0 Å². The first-order valence-electron chi connectivity index (χ1n) is 6.84. The van der Waals surface area contributed by atoms with Gasteiger partial charge in [0.05, 0.1) is 0 Å². The van der Waals surface area contributed by atoms with Crippen LogP contribution in [0, 0.1) is 0 Å². The zero-order valence-corrected chi connectivity index (χ0v) is 10.9. The van der Waals surface area contributed by atoms with Crippen molar-refractivity contribution in [2.45, 2.75) is 64.3 Å². The van der Waals surface area contributed by atoms with Crippen LogP contribution in [-0.4, -0.2) is 25.8 Å². The Labute approximate surface area is 101 Å². The lowest BCUT2D eigenvalue weighted by molar-refractivity contribution is 0.125. The second-order valence-corrected chi connectivity index (χ2v) is 4.52. The Morgan fingerprint density at radius 3 is 2.25 bits per heavy atom. The Morgan fingerprint density at radius 2 is 1.56 bits per heavy atom. The molecule has 98 valence electrons. The maximum Gasteiger partial charge on any atom is 0.0466 e. The summed E-state index contributed by atoms with van der Waals surface area (Å²) in [7, 11) is 0. The van der Waals surface area contributed by atoms with E-state index < -0.39 is 0 Å². The van der Waals surface area contributed by atoms with Crippen molar-refractivity contribution in [2.24, 2.45) is 11.5 Å². The van der Waals surface area contributed by atoms with Crippen LogP contribution < -0.4 is 11.5 Å². The van der Waals surface area contributed by atoms with E-state index in [4.69, 9.17) is 16.2 Å². The fraction of sp³-hybridized carbons (Fsp3) is 1.00. The number of unbranched alkanes of at least 4 members (excludes halogenated alkanes) is 5. The summed E-state index contributed by atoms with van der Waals surface area (Å²) in [5.74, 6) is 0. The summed E-state index contributed by atoms with van der Waals surface area (Å²) in [6.45, 7) is 4.57. The third kappa shape index (κ3) is 12.0. The van der Waals surface area contributed by atoms with E-state index in [0.717, 1.165) is 26.1 Å². The molecule has 0 fully saturated rings. The first-order chi connectivity index (χ1) is 7.81. The van der Waals surface area contributed by atoms with Gasteiger partial charge in [-0.1, -0.05) is 39.0 Å². The fourth-order valence-corrected chi connectivity index (χ4v) is 1.65. The zero-order chi connectivity index (χ0) is 12.1. The summed E-state index contributed by atoms with van der Waals surface area (Å²) in [6, 6.07) is 0.151. The van der Waals surface area contributed by atoms with Gasteiger partial charge in [0.2, 0.25) is 0 Å². The quantitative estimate of drug-likeness (QED) is 0.506. The van der Waals surface area contributed by atoms with Gasteiger partial charge in [-0.3, -0.25) is 0 Å². The summed E-state index contributed by atoms with van der Waals surface area (Å²) in [6.07, 6.45) is 9.95. The van der Waals surface area contributed by atoms with Crippen LogP contribution in [0.1, 0.15) is 58.3 Å². The molecule has 0 aromatic heterocycles. The lowest BCUT2D eigenvalue weighted by Gasteiger charge is -2.08. The SMILES string of the molecule is CCCCCCCCOCCCC(N)CN. The summed E-state index contributed by atoms with van der Waals surface area (Å²) in [5, 5.41) is 0. The van der Waals surface area contributed by atoms with Crippen LogP contribution in [0.15, 0.2) is 0 Å². The van der Waals surface area contributed by atoms with Gasteiger partial charge in [0.15, 0.2) is 0 Å². The van der Waals surface area contributed by atoms with Crippen molar-refractivity contribution in [3.05, 3.63) is 0 Å². The van der Waals surface area contributed by atoms with E-state index in [9.17, 15) is 0 Å². The van der Waals surface area contributed by atoms with Gasteiger partial charge in [-0.25, -0.2) is 0 Å². The summed E-state index contributed by atoms with van der Waals surface area (Å²) in [4.78, 5) is 0. The molecule has 0 aliphatic rings. The molecular formula is C13H30N2O. The van der Waals surface area contributed by atoms with Gasteiger partial charge in [0.25, 0.3) is 0 Å². The third-order valence-electron chi connectivity index (χ3n) is 2.81. The molecule has 0 aliphatic carbocycles. The van der Waals surface area contributed by atoms with Gasteiger partial charge in [0, 0.05) is 25.8 Å². The number of ether oxygens (including phenoxy) is 1. The Kier molecular flexibility index (Phi) is 12.9. The highest BCUT2D eigenvalue weighted by Gasteiger charge is 1.98. The molecule has 1 atom stereocenters. The van der Waals surface area contributed by atoms with E-state index in [-0.39, 0.29) is 6.04 Å². The number of hydrogen-bond donors (Lipinski definition) is 2. The maximum absolute atomic E-state index is 5.70. The topological polar surface area (TPSA) is 61.3 Å². The molecule has 4 N–H and O–H groups in total. The lowest BCUT2D eigenvalue weighted by atomic mass is 10.1. The highest BCUT2D eigenvalue weighted by Crippen LogP contribution is 2.05. The van der Waals surface area contributed by atoms with Crippen molar-refractivity contribution < 1.29 is 4.74 Å². The second kappa shape index (κ2) is 12.9. The van der Waals surface area contributed by atoms with E-state index in [2.05, 4.69) is 6.92 Å². The van der Waals surface area contributed by atoms with E-state index in [1.807, 2.05) is 0 Å². The molecule has 3 nitrogen and oxygen atoms in total. The van der Waals surface area contributed by atoms with E-state index in [0.29, 0.717) is 6.54 Å². The minimum absolute atomic E-state index is 0.151. The Balaban J connectivity index is 2.93. The second-order valence-electron chi connectivity index (χ2n) is 4.52. The van der Waals surface area contributed by atoms with Gasteiger partial charge in [-0.2, -0.15) is 0 Å². The molecule has 0 aliphatic heterocycles. The van der Waals surface area contributed by atoms with Gasteiger partial charge < -0.3 is 16.2 Å². The molecule has 0 amide bonds. The molecule has 0 saturated heterocycles. The highest BCUT2D eigenvalue weighted by molar-refractivity contribution is 4.60. The monoisotopic (exact) mass is 230 g/mol. The maximum atomic E-state index is 5.70. The average molecular weight is 230 g/mol. The molecular weight excluding hydrogens is 200 g/mol. The minimum atomic E-state index is 0.151. The molecule has 0 rings (SSSR count). The molecule has 0 bridgehead atoms. The van der Waals surface area contributed by atoms with Gasteiger partial charge in [-0.05, 0) is 19.3 Å². The zero-order valence-electron chi connectivity index (χ0n) is 10.9. The highest BCUT2D eigenvalue weighted by atomic mass is 16.5. The van der Waals surface area contributed by atoms with Gasteiger partial charge in [0.1, 0.15) is 0 Å². The Morgan fingerprint density at radius 1 is 0.938 bits per heavy atom. The molecule has 0 spiro atoms. The van der Waals surface area contributed by atoms with Crippen molar-refractivity contribution in [2.75, 3.05) is 19.8 Å². The molecule has 16 heavy (non-hydrogen) atoms. The summed E-state index contributed by atoms with van der Waals surface area (Å²) < 4.78 is 5.54. The van der Waals surface area contributed by atoms with Gasteiger partial charge in [-0.15, -0.1) is 0 Å². The van der Waals surface area contributed by atoms with E-state index >= 15 is 0 Å². The third-order valence-corrected chi connectivity index (χ3v) is 2.81. The number of nitrogens with two attached hydrogens (primary N) is 2. The van der Waals surface area contributed by atoms with Crippen molar-refractivity contribution >= 4 is 0 Å². The molecule has 3 heteroatoms. The van der Waals surface area contributed by atoms with Crippen molar-refractivity contribution in [3.63, 3.8) is 0 Å². The first kappa shape index (κ1) is 15.9. The first-order valence-corrected chi connectivity index (χ1v) is 6.84. The van der Waals surface area contributed by atoms with Crippen LogP contribution in [0.3, 0.4) is 0 Å². The average Bonchev–Trinajstić information content (AvgIpc) is 2.31. The van der Waals surface area contributed by atoms with Crippen molar-refractivity contribution in [1.29, 1.82) is 0 Å². The van der Waals surface area contributed by atoms with Crippen LogP contribution in [0.2, 0.25) is 0 Å². The van der Waals surface area contributed by atoms with Crippen LogP contribution in [0.25, 0.3) is 0 Å². The molecule has 1 unspecified atom stereocenters. The molecule has 0 aromatic rings. The smallest absolute Gasteiger partial charge is 0.0466 e. The molecule has 0 aromatic carbocycles. The predicted molar refractivity (Wildman–Crippen MR) is 70.5 cm³/mol. The minimum Gasteiger partial charge on any atom is -0.381 e. The van der Waals surface area contributed by atoms with Crippen molar-refractivity contribution in [3.8, 4) is 0 Å². The fourth-order valence-electron chi connectivity index (χ4n) is 1.65. The van der Waals surface area contributed by atoms with E-state index in [1.165, 1.54) is 38.5 Å². The summed E-state index contributed by atoms with van der Waals surface area (Å²) >= 11 is 0. The normalized spacial score (nSPS) is 12.9. The molecule has 0 radical (unpaired) electrons. The van der Waals surface area contributed by atoms with E-state index in [1.54, 1.807) is 0 Å². The molecule has 0 heterocycles. The Bertz CT molecular complexity index is 131. The van der Waals surface area contributed by atoms with Crippen LogP contribution >= 0.6 is 0 Å². The molecule has 0 saturated carbocycles. The largest absolute Gasteiger partial charge is 0.381 e. The van der Waals surface area contributed by atoms with Crippen LogP contribution in [-0.2, 0) is 4.74 Å². The number of hydrogen-bond acceptors (Lipinski definition) is 3. The Hall–Kier alpha value is -0.120. The van der Waals surface area contributed by atoms with Crippen molar-refractivity contribution in [1.82, 2.24) is 0 Å². The predicted octanol–water partition coefficient (Wildman–Crippen LogP) is 2.43. The van der Waals surface area contributed by atoms with Crippen LogP contribution in [0.5, 0.6) is 0 Å². The lowest BCUT2D eigenvalue weighted by Crippen LogP contribution is -2.29. The number of rotatable bonds is 12.